The molecule has 0 aliphatic carbocycles. The molecule has 4 aromatic rings. The van der Waals surface area contributed by atoms with E-state index in [-0.39, 0.29) is 18.0 Å². The van der Waals surface area contributed by atoms with Gasteiger partial charge < -0.3 is 19.9 Å². The number of ether oxygens (including phenoxy) is 1. The molecule has 1 aliphatic rings. The van der Waals surface area contributed by atoms with E-state index in [4.69, 9.17) is 20.9 Å². The van der Waals surface area contributed by atoms with Crippen molar-refractivity contribution in [3.05, 3.63) is 81.7 Å². The summed E-state index contributed by atoms with van der Waals surface area (Å²) < 4.78 is 12.1. The molecule has 9 nitrogen and oxygen atoms in total. The molecular formula is C26H24ClN5O4S. The summed E-state index contributed by atoms with van der Waals surface area (Å²) in [7, 11) is 1.61. The summed E-state index contributed by atoms with van der Waals surface area (Å²) in [5, 5.41) is 15.0. The monoisotopic (exact) mass is 537 g/mol. The van der Waals surface area contributed by atoms with Crippen LogP contribution in [0.5, 0.6) is 5.75 Å². The van der Waals surface area contributed by atoms with Crippen LogP contribution in [0.25, 0.3) is 11.3 Å². The highest BCUT2D eigenvalue weighted by atomic mass is 35.5. The second kappa shape index (κ2) is 10.7. The van der Waals surface area contributed by atoms with E-state index in [2.05, 4.69) is 20.9 Å². The Balaban J connectivity index is 1.35. The van der Waals surface area contributed by atoms with Gasteiger partial charge in [0, 0.05) is 29.2 Å². The molecule has 0 atom stereocenters. The predicted octanol–water partition coefficient (Wildman–Crippen LogP) is 4.82. The lowest BCUT2D eigenvalue weighted by atomic mass is 10.1. The van der Waals surface area contributed by atoms with Crippen LogP contribution in [-0.2, 0) is 29.4 Å². The number of halogens is 1. The molecule has 5 rings (SSSR count). The number of amides is 2. The SMILES string of the molecule is COc1ccc(CNC(=O)Cn2nc3c(c2NC(=O)c2c(-c4ccccc4Cl)noc2C)CSC3)cc1. The minimum atomic E-state index is -0.409. The minimum Gasteiger partial charge on any atom is -0.497 e. The molecule has 11 heteroatoms. The van der Waals surface area contributed by atoms with Crippen LogP contribution in [0.1, 0.15) is 32.9 Å². The molecule has 0 saturated heterocycles. The molecule has 3 heterocycles. The molecule has 2 amide bonds. The van der Waals surface area contributed by atoms with Crippen LogP contribution in [0.3, 0.4) is 0 Å². The fourth-order valence-corrected chi connectivity index (χ4v) is 5.36. The molecule has 2 aromatic heterocycles. The standard InChI is InChI=1S/C26H24ClN5O4S/c1-15-23(24(31-36-15)18-5-3-4-6-20(18)27)26(34)29-25-19-13-37-14-21(19)30-32(25)12-22(33)28-11-16-7-9-17(35-2)10-8-16/h3-10H,11-14H2,1-2H3,(H,28,33)(H,29,34). The number of fused-ring (bicyclic) bond motifs is 1. The molecule has 0 saturated carbocycles. The second-order valence-corrected chi connectivity index (χ2v) is 9.84. The van der Waals surface area contributed by atoms with E-state index >= 15 is 0 Å². The average Bonchev–Trinajstić information content (AvgIpc) is 3.59. The number of carbonyl (C=O) groups excluding carboxylic acids is 2. The summed E-state index contributed by atoms with van der Waals surface area (Å²) in [5.74, 6) is 2.39. The number of nitrogens with zero attached hydrogens (tertiary/aromatic N) is 3. The molecule has 0 spiro atoms. The lowest BCUT2D eigenvalue weighted by Gasteiger charge is -2.12. The van der Waals surface area contributed by atoms with Crippen molar-refractivity contribution in [1.29, 1.82) is 0 Å². The fourth-order valence-electron chi connectivity index (χ4n) is 4.10. The molecule has 37 heavy (non-hydrogen) atoms. The molecular weight excluding hydrogens is 514 g/mol. The summed E-state index contributed by atoms with van der Waals surface area (Å²) in [6.07, 6.45) is 0. The van der Waals surface area contributed by atoms with E-state index in [0.29, 0.717) is 40.2 Å². The minimum absolute atomic E-state index is 0.0383. The lowest BCUT2D eigenvalue weighted by Crippen LogP contribution is -2.29. The first-order chi connectivity index (χ1) is 17.9. The van der Waals surface area contributed by atoms with Gasteiger partial charge in [-0.05, 0) is 30.7 Å². The van der Waals surface area contributed by atoms with Gasteiger partial charge >= 0.3 is 0 Å². The Hall–Kier alpha value is -3.76. The normalized spacial score (nSPS) is 12.3. The van der Waals surface area contributed by atoms with Gasteiger partial charge in [0.1, 0.15) is 35.1 Å². The Bertz CT molecular complexity index is 1460. The molecule has 0 unspecified atom stereocenters. The number of hydrogen-bond acceptors (Lipinski definition) is 7. The van der Waals surface area contributed by atoms with Gasteiger partial charge in [-0.3, -0.25) is 9.59 Å². The summed E-state index contributed by atoms with van der Waals surface area (Å²) >= 11 is 8.06. The number of anilines is 1. The maximum atomic E-state index is 13.5. The third kappa shape index (κ3) is 5.21. The molecule has 190 valence electrons. The molecule has 0 bridgehead atoms. The molecule has 0 radical (unpaired) electrons. The fraction of sp³-hybridized carbons (Fsp3) is 0.231. The van der Waals surface area contributed by atoms with Crippen LogP contribution in [0.15, 0.2) is 53.1 Å². The Morgan fingerprint density at radius 2 is 1.95 bits per heavy atom. The Morgan fingerprint density at radius 3 is 2.70 bits per heavy atom. The van der Waals surface area contributed by atoms with Gasteiger partial charge in [-0.2, -0.15) is 16.9 Å². The molecule has 1 aliphatic heterocycles. The largest absolute Gasteiger partial charge is 0.497 e. The molecule has 0 fully saturated rings. The van der Waals surface area contributed by atoms with Gasteiger partial charge in [0.15, 0.2) is 0 Å². The maximum Gasteiger partial charge on any atom is 0.262 e. The first-order valence-electron chi connectivity index (χ1n) is 11.5. The topological polar surface area (TPSA) is 111 Å². The third-order valence-corrected chi connectivity index (χ3v) is 7.31. The number of aryl methyl sites for hydroxylation is 1. The zero-order valence-electron chi connectivity index (χ0n) is 20.2. The van der Waals surface area contributed by atoms with Gasteiger partial charge in [0.25, 0.3) is 5.91 Å². The van der Waals surface area contributed by atoms with Gasteiger partial charge in [0.2, 0.25) is 5.91 Å². The third-order valence-electron chi connectivity index (χ3n) is 6.01. The van der Waals surface area contributed by atoms with E-state index in [1.54, 1.807) is 48.7 Å². The number of aromatic nitrogens is 3. The summed E-state index contributed by atoms with van der Waals surface area (Å²) in [4.78, 5) is 26.3. The summed E-state index contributed by atoms with van der Waals surface area (Å²) in [6.45, 7) is 2.00. The van der Waals surface area contributed by atoms with E-state index in [1.165, 1.54) is 0 Å². The van der Waals surface area contributed by atoms with Crippen molar-refractivity contribution in [1.82, 2.24) is 20.3 Å². The van der Waals surface area contributed by atoms with Crippen molar-refractivity contribution in [3.8, 4) is 17.0 Å². The van der Waals surface area contributed by atoms with Crippen LogP contribution in [-0.4, -0.2) is 33.9 Å². The first kappa shape index (κ1) is 24.9. The zero-order chi connectivity index (χ0) is 25.9. The highest BCUT2D eigenvalue weighted by Crippen LogP contribution is 2.36. The van der Waals surface area contributed by atoms with Crippen LogP contribution >= 0.6 is 23.4 Å². The van der Waals surface area contributed by atoms with E-state index < -0.39 is 5.91 Å². The Labute approximate surface area is 222 Å². The number of nitrogens with one attached hydrogen (secondary N) is 2. The summed E-state index contributed by atoms with van der Waals surface area (Å²) in [5.41, 5.74) is 3.95. The van der Waals surface area contributed by atoms with Crippen molar-refractivity contribution in [3.63, 3.8) is 0 Å². The van der Waals surface area contributed by atoms with Gasteiger partial charge in [-0.15, -0.1) is 0 Å². The van der Waals surface area contributed by atoms with E-state index in [1.807, 2.05) is 30.3 Å². The lowest BCUT2D eigenvalue weighted by molar-refractivity contribution is -0.122. The average molecular weight is 538 g/mol. The van der Waals surface area contributed by atoms with Crippen LogP contribution in [0.2, 0.25) is 5.02 Å². The van der Waals surface area contributed by atoms with Crippen molar-refractivity contribution in [2.75, 3.05) is 12.4 Å². The van der Waals surface area contributed by atoms with Crippen LogP contribution in [0.4, 0.5) is 5.82 Å². The number of rotatable bonds is 8. The number of benzene rings is 2. The number of methoxy groups -OCH3 is 1. The quantitative estimate of drug-likeness (QED) is 0.331. The summed E-state index contributed by atoms with van der Waals surface area (Å²) in [6, 6.07) is 14.6. The predicted molar refractivity (Wildman–Crippen MR) is 142 cm³/mol. The van der Waals surface area contributed by atoms with Crippen molar-refractivity contribution >= 4 is 41.0 Å². The van der Waals surface area contributed by atoms with Crippen LogP contribution < -0.4 is 15.4 Å². The molecule has 2 aromatic carbocycles. The first-order valence-corrected chi connectivity index (χ1v) is 13.1. The highest BCUT2D eigenvalue weighted by molar-refractivity contribution is 7.98. The maximum absolute atomic E-state index is 13.5. The number of thioether (sulfide) groups is 1. The van der Waals surface area contributed by atoms with Crippen molar-refractivity contribution in [2.45, 2.75) is 31.5 Å². The smallest absolute Gasteiger partial charge is 0.262 e. The van der Waals surface area contributed by atoms with Crippen molar-refractivity contribution < 1.29 is 18.8 Å². The number of hydrogen-bond donors (Lipinski definition) is 2. The van der Waals surface area contributed by atoms with E-state index in [0.717, 1.165) is 28.3 Å². The van der Waals surface area contributed by atoms with Crippen molar-refractivity contribution in [2.24, 2.45) is 0 Å². The Kier molecular flexibility index (Phi) is 7.20. The highest BCUT2D eigenvalue weighted by Gasteiger charge is 2.28. The van der Waals surface area contributed by atoms with E-state index in [9.17, 15) is 9.59 Å². The van der Waals surface area contributed by atoms with Crippen LogP contribution in [0, 0.1) is 6.92 Å². The van der Waals surface area contributed by atoms with Gasteiger partial charge in [-0.1, -0.05) is 47.1 Å². The second-order valence-electron chi connectivity index (χ2n) is 8.45. The number of carbonyl (C=O) groups is 2. The molecule has 2 N–H and O–H groups in total. The Morgan fingerprint density at radius 1 is 1.16 bits per heavy atom. The zero-order valence-corrected chi connectivity index (χ0v) is 21.8. The van der Waals surface area contributed by atoms with Gasteiger partial charge in [-0.25, -0.2) is 4.68 Å². The van der Waals surface area contributed by atoms with Gasteiger partial charge in [0.05, 0.1) is 17.8 Å².